The van der Waals surface area contributed by atoms with E-state index in [4.69, 9.17) is 0 Å². The molecule has 0 heterocycles. The minimum atomic E-state index is -4.39. The second kappa shape index (κ2) is 8.35. The van der Waals surface area contributed by atoms with Gasteiger partial charge in [-0.05, 0) is 42.0 Å². The fraction of sp³-hybridized carbons (Fsp3) is 0.222. The van der Waals surface area contributed by atoms with Crippen LogP contribution in [0.3, 0.4) is 0 Å². The van der Waals surface area contributed by atoms with E-state index in [-0.39, 0.29) is 24.9 Å². The molecule has 1 N–H and O–H groups in total. The van der Waals surface area contributed by atoms with Crippen LogP contribution in [0.25, 0.3) is 0 Å². The molecule has 2 aromatic carbocycles. The van der Waals surface area contributed by atoms with Crippen LogP contribution in [0.1, 0.15) is 21.5 Å². The second-order valence-electron chi connectivity index (χ2n) is 5.63. The summed E-state index contributed by atoms with van der Waals surface area (Å²) in [5.41, 5.74) is 0.247. The van der Waals surface area contributed by atoms with Gasteiger partial charge in [0, 0.05) is 23.6 Å². The molecule has 0 aliphatic rings. The molecule has 0 aliphatic heterocycles. The summed E-state index contributed by atoms with van der Waals surface area (Å²) < 4.78 is 38.5. The zero-order chi connectivity index (χ0) is 19.3. The number of carbonyl (C=O) groups excluding carboxylic acids is 2. The Morgan fingerprint density at radius 3 is 2.15 bits per heavy atom. The fourth-order valence-corrected chi connectivity index (χ4v) is 2.42. The van der Waals surface area contributed by atoms with Gasteiger partial charge in [0.1, 0.15) is 0 Å². The molecular formula is C18H16BrF3N2O2. The molecule has 0 atom stereocenters. The molecule has 8 heteroatoms. The Kier molecular flexibility index (Phi) is 6.42. The number of benzene rings is 2. The number of rotatable bonds is 5. The van der Waals surface area contributed by atoms with Crippen molar-refractivity contribution >= 4 is 27.7 Å². The molecule has 0 fully saturated rings. The van der Waals surface area contributed by atoms with E-state index >= 15 is 0 Å². The Balaban J connectivity index is 1.87. The van der Waals surface area contributed by atoms with Crippen molar-refractivity contribution in [2.24, 2.45) is 0 Å². The molecule has 0 radical (unpaired) electrons. The van der Waals surface area contributed by atoms with Crippen molar-refractivity contribution in [1.82, 2.24) is 10.2 Å². The Hall–Kier alpha value is -2.35. The van der Waals surface area contributed by atoms with E-state index in [1.165, 1.54) is 24.1 Å². The van der Waals surface area contributed by atoms with E-state index < -0.39 is 11.7 Å². The first-order chi connectivity index (χ1) is 12.2. The highest BCUT2D eigenvalue weighted by molar-refractivity contribution is 9.10. The topological polar surface area (TPSA) is 49.4 Å². The lowest BCUT2D eigenvalue weighted by Crippen LogP contribution is -2.37. The van der Waals surface area contributed by atoms with Gasteiger partial charge in [-0.1, -0.05) is 28.1 Å². The molecule has 0 unspecified atom stereocenters. The van der Waals surface area contributed by atoms with Crippen LogP contribution in [0.15, 0.2) is 53.0 Å². The van der Waals surface area contributed by atoms with E-state index in [1.54, 1.807) is 24.3 Å². The summed E-state index contributed by atoms with van der Waals surface area (Å²) in [6.07, 6.45) is -4.39. The highest BCUT2D eigenvalue weighted by atomic mass is 79.9. The fourth-order valence-electron chi connectivity index (χ4n) is 2.16. The number of halogens is 4. The predicted molar refractivity (Wildman–Crippen MR) is 94.4 cm³/mol. The normalized spacial score (nSPS) is 11.1. The maximum absolute atomic E-state index is 12.5. The van der Waals surface area contributed by atoms with E-state index in [9.17, 15) is 22.8 Å². The zero-order valence-corrected chi connectivity index (χ0v) is 15.4. The van der Waals surface area contributed by atoms with Crippen molar-refractivity contribution in [3.05, 3.63) is 69.7 Å². The summed E-state index contributed by atoms with van der Waals surface area (Å²) in [5, 5.41) is 2.52. The second-order valence-corrected chi connectivity index (χ2v) is 6.55. The molecule has 2 amide bonds. The van der Waals surface area contributed by atoms with Crippen LogP contribution in [-0.2, 0) is 17.5 Å². The van der Waals surface area contributed by atoms with Gasteiger partial charge in [0.25, 0.3) is 5.91 Å². The molecule has 0 saturated carbocycles. The largest absolute Gasteiger partial charge is 0.416 e. The maximum Gasteiger partial charge on any atom is 0.416 e. The number of hydrogen-bond acceptors (Lipinski definition) is 2. The summed E-state index contributed by atoms with van der Waals surface area (Å²) in [7, 11) is 1.52. The van der Waals surface area contributed by atoms with Crippen molar-refractivity contribution < 1.29 is 22.8 Å². The van der Waals surface area contributed by atoms with Crippen LogP contribution in [-0.4, -0.2) is 30.3 Å². The molecule has 138 valence electrons. The predicted octanol–water partition coefficient (Wildman–Crippen LogP) is 3.86. The van der Waals surface area contributed by atoms with E-state index in [0.717, 1.165) is 16.6 Å². The quantitative estimate of drug-likeness (QED) is 0.785. The van der Waals surface area contributed by atoms with Crippen LogP contribution in [0.4, 0.5) is 13.2 Å². The van der Waals surface area contributed by atoms with Crippen LogP contribution >= 0.6 is 15.9 Å². The number of hydrogen-bond donors (Lipinski definition) is 1. The molecule has 2 rings (SSSR count). The molecule has 0 saturated heterocycles. The van der Waals surface area contributed by atoms with Gasteiger partial charge >= 0.3 is 6.18 Å². The number of likely N-dealkylation sites (N-methyl/N-ethyl adjacent to an activating group) is 1. The van der Waals surface area contributed by atoms with E-state index in [1.807, 2.05) is 0 Å². The molecule has 2 aromatic rings. The van der Waals surface area contributed by atoms with Crippen LogP contribution in [0, 0.1) is 0 Å². The molecule has 4 nitrogen and oxygen atoms in total. The first-order valence-corrected chi connectivity index (χ1v) is 8.40. The zero-order valence-electron chi connectivity index (χ0n) is 13.8. The van der Waals surface area contributed by atoms with Gasteiger partial charge in [0.15, 0.2) is 0 Å². The standard InChI is InChI=1S/C18H16BrF3N2O2/c1-24(11-12-2-6-14(7-3-12)18(20,21)22)16(25)10-23-17(26)13-4-8-15(19)9-5-13/h2-9H,10-11H2,1H3,(H,23,26). The summed E-state index contributed by atoms with van der Waals surface area (Å²) in [5.74, 6) is -0.732. The molecule has 0 bridgehead atoms. The van der Waals surface area contributed by atoms with Crippen molar-refractivity contribution in [1.29, 1.82) is 0 Å². The Labute approximate surface area is 157 Å². The Morgan fingerprint density at radius 1 is 1.04 bits per heavy atom. The van der Waals surface area contributed by atoms with Gasteiger partial charge in [-0.3, -0.25) is 9.59 Å². The van der Waals surface area contributed by atoms with Crippen LogP contribution in [0.2, 0.25) is 0 Å². The lowest BCUT2D eigenvalue weighted by molar-refractivity contribution is -0.137. The van der Waals surface area contributed by atoms with Crippen LogP contribution < -0.4 is 5.32 Å². The number of amides is 2. The maximum atomic E-state index is 12.5. The smallest absolute Gasteiger partial charge is 0.343 e. The molecule has 26 heavy (non-hydrogen) atoms. The number of carbonyl (C=O) groups is 2. The third-order valence-corrected chi connectivity index (χ3v) is 4.16. The third-order valence-electron chi connectivity index (χ3n) is 3.63. The van der Waals surface area contributed by atoms with Crippen LogP contribution in [0.5, 0.6) is 0 Å². The number of nitrogens with one attached hydrogen (secondary N) is 1. The van der Waals surface area contributed by atoms with Crippen molar-refractivity contribution in [3.8, 4) is 0 Å². The molecule has 0 aromatic heterocycles. The monoisotopic (exact) mass is 428 g/mol. The SMILES string of the molecule is CN(Cc1ccc(C(F)(F)F)cc1)C(=O)CNC(=O)c1ccc(Br)cc1. The van der Waals surface area contributed by atoms with Gasteiger partial charge < -0.3 is 10.2 Å². The van der Waals surface area contributed by atoms with Gasteiger partial charge in [0.05, 0.1) is 12.1 Å². The van der Waals surface area contributed by atoms with E-state index in [2.05, 4.69) is 21.2 Å². The number of nitrogens with zero attached hydrogens (tertiary/aromatic N) is 1. The highest BCUT2D eigenvalue weighted by Gasteiger charge is 2.29. The molecular weight excluding hydrogens is 413 g/mol. The average Bonchev–Trinajstić information content (AvgIpc) is 2.59. The molecule has 0 spiro atoms. The van der Waals surface area contributed by atoms with Gasteiger partial charge in [-0.25, -0.2) is 0 Å². The first kappa shape index (κ1) is 20.0. The summed E-state index contributed by atoms with van der Waals surface area (Å²) in [6.45, 7) is -0.0584. The van der Waals surface area contributed by atoms with Gasteiger partial charge in [0.2, 0.25) is 5.91 Å². The third kappa shape index (κ3) is 5.59. The van der Waals surface area contributed by atoms with Gasteiger partial charge in [-0.2, -0.15) is 13.2 Å². The summed E-state index contributed by atoms with van der Waals surface area (Å²) in [6, 6.07) is 11.3. The highest BCUT2D eigenvalue weighted by Crippen LogP contribution is 2.29. The van der Waals surface area contributed by atoms with Crippen molar-refractivity contribution in [2.45, 2.75) is 12.7 Å². The van der Waals surface area contributed by atoms with Crippen molar-refractivity contribution in [3.63, 3.8) is 0 Å². The Bertz CT molecular complexity index is 775. The van der Waals surface area contributed by atoms with Gasteiger partial charge in [-0.15, -0.1) is 0 Å². The van der Waals surface area contributed by atoms with Crippen molar-refractivity contribution in [2.75, 3.05) is 13.6 Å². The lowest BCUT2D eigenvalue weighted by atomic mass is 10.1. The van der Waals surface area contributed by atoms with E-state index in [0.29, 0.717) is 11.1 Å². The summed E-state index contributed by atoms with van der Waals surface area (Å²) >= 11 is 3.27. The summed E-state index contributed by atoms with van der Waals surface area (Å²) in [4.78, 5) is 25.4. The number of alkyl halides is 3. The lowest BCUT2D eigenvalue weighted by Gasteiger charge is -2.18. The minimum absolute atomic E-state index is 0.144. The minimum Gasteiger partial charge on any atom is -0.343 e. The Morgan fingerprint density at radius 2 is 1.62 bits per heavy atom. The average molecular weight is 429 g/mol. The molecule has 0 aliphatic carbocycles. The first-order valence-electron chi connectivity index (χ1n) is 7.60.